The Kier molecular flexibility index (Phi) is 5.18. The molecule has 0 radical (unpaired) electrons. The Labute approximate surface area is 143 Å². The summed E-state index contributed by atoms with van der Waals surface area (Å²) in [6.07, 6.45) is -1.28. The van der Waals surface area contributed by atoms with Crippen molar-refractivity contribution in [1.82, 2.24) is 0 Å². The van der Waals surface area contributed by atoms with Crippen molar-refractivity contribution < 1.29 is 28.8 Å². The van der Waals surface area contributed by atoms with Crippen molar-refractivity contribution in [3.63, 3.8) is 0 Å². The average molecular weight is 389 g/mol. The van der Waals surface area contributed by atoms with Crippen molar-refractivity contribution in [1.29, 1.82) is 0 Å². The maximum atomic E-state index is 12.5. The molecule has 0 unspecified atom stereocenters. The molecule has 4 atom stereocenters. The van der Waals surface area contributed by atoms with Gasteiger partial charge in [-0.05, 0) is 12.5 Å². The number of halogens is 1. The van der Waals surface area contributed by atoms with Crippen molar-refractivity contribution in [2.24, 2.45) is 0 Å². The lowest BCUT2D eigenvalue weighted by Gasteiger charge is -2.50. The number of carbonyl (C=O) groups is 1. The lowest BCUT2D eigenvalue weighted by atomic mass is 9.88. The third kappa shape index (κ3) is 2.92. The number of hydrogen-bond donors (Lipinski definition) is 1. The van der Waals surface area contributed by atoms with Gasteiger partial charge >= 0.3 is 5.97 Å². The highest BCUT2D eigenvalue weighted by molar-refractivity contribution is 9.09. The van der Waals surface area contributed by atoms with E-state index in [1.807, 2.05) is 6.07 Å². The van der Waals surface area contributed by atoms with E-state index < -0.39 is 29.2 Å². The zero-order chi connectivity index (χ0) is 17.3. The largest absolute Gasteiger partial charge is 0.425 e. The quantitative estimate of drug-likeness (QED) is 0.613. The molecule has 1 aliphatic heterocycles. The van der Waals surface area contributed by atoms with Gasteiger partial charge in [0.15, 0.2) is 6.10 Å². The summed E-state index contributed by atoms with van der Waals surface area (Å²) >= 11 is 3.27. The van der Waals surface area contributed by atoms with Gasteiger partial charge in [-0.2, -0.15) is 0 Å². The number of ether oxygens (including phenoxy) is 4. The smallest absolute Gasteiger partial charge is 0.341 e. The molecule has 1 aliphatic rings. The third-order valence-corrected chi connectivity index (χ3v) is 5.22. The van der Waals surface area contributed by atoms with Crippen LogP contribution in [0, 0.1) is 0 Å². The van der Waals surface area contributed by atoms with Gasteiger partial charge in [0.25, 0.3) is 5.79 Å². The highest BCUT2D eigenvalue weighted by Crippen LogP contribution is 2.42. The minimum absolute atomic E-state index is 0.0767. The number of aliphatic hydroxyl groups is 1. The Morgan fingerprint density at radius 3 is 2.26 bits per heavy atom. The van der Waals surface area contributed by atoms with Crippen LogP contribution in [0.3, 0.4) is 0 Å². The summed E-state index contributed by atoms with van der Waals surface area (Å²) in [5.74, 6) is -3.54. The van der Waals surface area contributed by atoms with E-state index in [1.54, 1.807) is 38.1 Å². The summed E-state index contributed by atoms with van der Waals surface area (Å²) in [5.41, 5.74) is -1.09. The molecule has 0 spiro atoms. The molecule has 0 amide bonds. The van der Waals surface area contributed by atoms with Crippen LogP contribution >= 0.6 is 15.9 Å². The van der Waals surface area contributed by atoms with Crippen LogP contribution in [0.25, 0.3) is 0 Å². The fraction of sp³-hybridized carbons (Fsp3) is 0.562. The van der Waals surface area contributed by atoms with Gasteiger partial charge in [-0.15, -0.1) is 0 Å². The topological polar surface area (TPSA) is 74.2 Å². The normalized spacial score (nSPS) is 33.8. The zero-order valence-corrected chi connectivity index (χ0v) is 15.1. The summed E-state index contributed by atoms with van der Waals surface area (Å²) in [5, 5.41) is 11.2. The Morgan fingerprint density at radius 2 is 1.78 bits per heavy atom. The number of rotatable bonds is 5. The predicted molar refractivity (Wildman–Crippen MR) is 85.9 cm³/mol. The molecule has 2 rings (SSSR count). The number of cyclic esters (lactones) is 1. The second-order valence-corrected chi connectivity index (χ2v) is 6.20. The van der Waals surface area contributed by atoms with Crippen LogP contribution in [0.15, 0.2) is 30.3 Å². The Hall–Kier alpha value is -0.990. The van der Waals surface area contributed by atoms with E-state index in [9.17, 15) is 9.90 Å². The first-order valence-corrected chi connectivity index (χ1v) is 8.23. The van der Waals surface area contributed by atoms with Crippen LogP contribution in [0.4, 0.5) is 0 Å². The molecule has 0 bridgehead atoms. The molecule has 23 heavy (non-hydrogen) atoms. The number of alkyl halides is 1. The lowest BCUT2D eigenvalue weighted by Crippen LogP contribution is -2.67. The first kappa shape index (κ1) is 18.4. The van der Waals surface area contributed by atoms with Crippen LogP contribution in [0.1, 0.15) is 19.4 Å². The maximum Gasteiger partial charge on any atom is 0.341 e. The van der Waals surface area contributed by atoms with Crippen molar-refractivity contribution in [3.05, 3.63) is 35.9 Å². The molecule has 128 valence electrons. The van der Waals surface area contributed by atoms with Gasteiger partial charge in [0.2, 0.25) is 5.79 Å². The van der Waals surface area contributed by atoms with Crippen molar-refractivity contribution in [2.75, 3.05) is 19.5 Å². The first-order valence-electron chi connectivity index (χ1n) is 7.11. The van der Waals surface area contributed by atoms with Crippen LogP contribution in [0.5, 0.6) is 0 Å². The summed E-state index contributed by atoms with van der Waals surface area (Å²) < 4.78 is 21.9. The molecule has 0 saturated carbocycles. The van der Waals surface area contributed by atoms with E-state index in [-0.39, 0.29) is 5.33 Å². The molecule has 1 saturated heterocycles. The molecule has 1 fully saturated rings. The van der Waals surface area contributed by atoms with Gasteiger partial charge < -0.3 is 24.1 Å². The number of carbonyl (C=O) groups excluding carboxylic acids is 1. The molecule has 6 nitrogen and oxygen atoms in total. The molecule has 0 aromatic heterocycles. The minimum atomic E-state index is -1.62. The summed E-state index contributed by atoms with van der Waals surface area (Å²) in [7, 11) is 2.81. The molecule has 0 aliphatic carbocycles. The highest BCUT2D eigenvalue weighted by atomic mass is 79.9. The van der Waals surface area contributed by atoms with Crippen LogP contribution in [0.2, 0.25) is 0 Å². The van der Waals surface area contributed by atoms with Crippen molar-refractivity contribution in [3.8, 4) is 0 Å². The van der Waals surface area contributed by atoms with E-state index in [1.165, 1.54) is 14.2 Å². The second-order valence-electron chi connectivity index (χ2n) is 5.64. The van der Waals surface area contributed by atoms with Crippen molar-refractivity contribution >= 4 is 21.9 Å². The van der Waals surface area contributed by atoms with Gasteiger partial charge in [-0.1, -0.05) is 46.3 Å². The van der Waals surface area contributed by atoms with Crippen LogP contribution in [-0.2, 0) is 29.3 Å². The van der Waals surface area contributed by atoms with Gasteiger partial charge in [0, 0.05) is 26.5 Å². The molecule has 1 heterocycles. The average Bonchev–Trinajstić information content (AvgIpc) is 2.58. The Morgan fingerprint density at radius 1 is 1.22 bits per heavy atom. The molecular weight excluding hydrogens is 368 g/mol. The summed E-state index contributed by atoms with van der Waals surface area (Å²) in [4.78, 5) is 12.5. The fourth-order valence-electron chi connectivity index (χ4n) is 2.50. The van der Waals surface area contributed by atoms with E-state index in [0.717, 1.165) is 0 Å². The monoisotopic (exact) mass is 388 g/mol. The SMILES string of the molecule is CO[C@@]1(C)OC(=O)[C@@H]([C@@](O)(CBr)c2ccccc2)O[C@]1(C)OC. The summed E-state index contributed by atoms with van der Waals surface area (Å²) in [6.45, 7) is 3.13. The van der Waals surface area contributed by atoms with Gasteiger partial charge in [0.1, 0.15) is 5.60 Å². The molecule has 1 aromatic rings. The second kappa shape index (κ2) is 6.49. The standard InChI is InChI=1S/C16H21BrO6/c1-14(20-3)15(2,21-4)23-13(18)12(22-14)16(19,10-17)11-8-6-5-7-9-11/h5-9,12,19H,10H2,1-4H3/t12-,14-,15-,16+/m0/s1. The minimum Gasteiger partial charge on any atom is -0.425 e. The number of esters is 1. The molecule has 1 N–H and O–H groups in total. The van der Waals surface area contributed by atoms with Crippen molar-refractivity contribution in [2.45, 2.75) is 37.1 Å². The molecule has 7 heteroatoms. The third-order valence-electron chi connectivity index (χ3n) is 4.37. The fourth-order valence-corrected chi connectivity index (χ4v) is 3.11. The van der Waals surface area contributed by atoms with E-state index in [2.05, 4.69) is 15.9 Å². The predicted octanol–water partition coefficient (Wildman–Crippen LogP) is 1.94. The van der Waals surface area contributed by atoms with Crippen LogP contribution in [-0.4, -0.2) is 48.3 Å². The number of methoxy groups -OCH3 is 2. The van der Waals surface area contributed by atoms with Crippen LogP contribution < -0.4 is 0 Å². The van der Waals surface area contributed by atoms with E-state index >= 15 is 0 Å². The number of hydrogen-bond acceptors (Lipinski definition) is 6. The number of benzene rings is 1. The summed E-state index contributed by atoms with van der Waals surface area (Å²) in [6, 6.07) is 8.79. The molecule has 1 aromatic carbocycles. The highest BCUT2D eigenvalue weighted by Gasteiger charge is 2.61. The van der Waals surface area contributed by atoms with Gasteiger partial charge in [0.05, 0.1) is 0 Å². The lowest BCUT2D eigenvalue weighted by molar-refractivity contribution is -0.416. The zero-order valence-electron chi connectivity index (χ0n) is 13.5. The van der Waals surface area contributed by atoms with E-state index in [0.29, 0.717) is 5.56 Å². The van der Waals surface area contributed by atoms with Gasteiger partial charge in [-0.25, -0.2) is 4.79 Å². The Balaban J connectivity index is 2.45. The first-order chi connectivity index (χ1) is 10.8. The van der Waals surface area contributed by atoms with E-state index in [4.69, 9.17) is 18.9 Å². The van der Waals surface area contributed by atoms with Gasteiger partial charge in [-0.3, -0.25) is 0 Å². The molecular formula is C16H21BrO6. The Bertz CT molecular complexity index is 567. The maximum absolute atomic E-state index is 12.5.